The Hall–Kier alpha value is -3.48. The molecule has 0 aliphatic carbocycles. The predicted octanol–water partition coefficient (Wildman–Crippen LogP) is 3.50. The number of hydrogen-bond acceptors (Lipinski definition) is 5. The lowest BCUT2D eigenvalue weighted by Gasteiger charge is -2.11. The third-order valence-electron chi connectivity index (χ3n) is 3.85. The molecule has 26 heavy (non-hydrogen) atoms. The number of carbonyl (C=O) groups excluding carboxylic acids is 2. The van der Waals surface area contributed by atoms with Gasteiger partial charge in [0.25, 0.3) is 11.8 Å². The van der Waals surface area contributed by atoms with E-state index in [1.54, 1.807) is 13.0 Å². The second-order valence-electron chi connectivity index (χ2n) is 5.96. The minimum Gasteiger partial charge on any atom is -0.360 e. The first kappa shape index (κ1) is 17.3. The number of benzene rings is 1. The van der Waals surface area contributed by atoms with Crippen LogP contribution in [-0.2, 0) is 0 Å². The van der Waals surface area contributed by atoms with Crippen molar-refractivity contribution in [3.63, 3.8) is 0 Å². The molecule has 2 heterocycles. The van der Waals surface area contributed by atoms with E-state index < -0.39 is 5.91 Å². The van der Waals surface area contributed by atoms with E-state index in [4.69, 9.17) is 4.52 Å². The van der Waals surface area contributed by atoms with Crippen molar-refractivity contribution in [1.29, 1.82) is 0 Å². The Morgan fingerprint density at radius 3 is 2.12 bits per heavy atom. The van der Waals surface area contributed by atoms with Gasteiger partial charge in [0, 0.05) is 24.1 Å². The molecule has 3 rings (SSSR count). The SMILES string of the molecule is Cc1cc(NC(=O)c2cncc(C(=O)Nc3c(C)cccc3C)c2)no1. The van der Waals surface area contributed by atoms with Crippen LogP contribution < -0.4 is 10.6 Å². The summed E-state index contributed by atoms with van der Waals surface area (Å²) in [6.45, 7) is 5.57. The minimum absolute atomic E-state index is 0.250. The quantitative estimate of drug-likeness (QED) is 0.750. The lowest BCUT2D eigenvalue weighted by atomic mass is 10.1. The van der Waals surface area contributed by atoms with Crippen LogP contribution in [0, 0.1) is 20.8 Å². The van der Waals surface area contributed by atoms with E-state index >= 15 is 0 Å². The summed E-state index contributed by atoms with van der Waals surface area (Å²) in [5, 5.41) is 9.18. The van der Waals surface area contributed by atoms with Crippen molar-refractivity contribution >= 4 is 23.3 Å². The van der Waals surface area contributed by atoms with Crippen molar-refractivity contribution in [2.75, 3.05) is 10.6 Å². The van der Waals surface area contributed by atoms with Gasteiger partial charge < -0.3 is 15.2 Å². The molecule has 0 unspecified atom stereocenters. The molecule has 0 saturated carbocycles. The molecule has 7 heteroatoms. The molecule has 0 aliphatic heterocycles. The largest absolute Gasteiger partial charge is 0.360 e. The van der Waals surface area contributed by atoms with E-state index in [0.717, 1.165) is 16.8 Å². The summed E-state index contributed by atoms with van der Waals surface area (Å²) in [6, 6.07) is 8.86. The van der Waals surface area contributed by atoms with E-state index in [9.17, 15) is 9.59 Å². The van der Waals surface area contributed by atoms with Crippen LogP contribution in [0.2, 0.25) is 0 Å². The summed E-state index contributed by atoms with van der Waals surface area (Å²) >= 11 is 0. The van der Waals surface area contributed by atoms with Crippen LogP contribution in [0.3, 0.4) is 0 Å². The van der Waals surface area contributed by atoms with E-state index in [-0.39, 0.29) is 17.0 Å². The number of anilines is 2. The molecule has 3 aromatic rings. The van der Waals surface area contributed by atoms with Crippen LogP contribution in [0.5, 0.6) is 0 Å². The molecule has 1 aromatic carbocycles. The smallest absolute Gasteiger partial charge is 0.258 e. The third-order valence-corrected chi connectivity index (χ3v) is 3.85. The van der Waals surface area contributed by atoms with Crippen LogP contribution in [0.15, 0.2) is 47.2 Å². The molecular weight excluding hydrogens is 332 g/mol. The van der Waals surface area contributed by atoms with E-state index in [1.165, 1.54) is 18.5 Å². The number of nitrogens with zero attached hydrogens (tertiary/aromatic N) is 2. The minimum atomic E-state index is -0.424. The number of carbonyl (C=O) groups is 2. The summed E-state index contributed by atoms with van der Waals surface area (Å²) < 4.78 is 4.91. The fourth-order valence-corrected chi connectivity index (χ4v) is 2.50. The number of pyridine rings is 1. The van der Waals surface area contributed by atoms with Crippen LogP contribution in [0.25, 0.3) is 0 Å². The van der Waals surface area contributed by atoms with Crippen molar-refractivity contribution in [2.24, 2.45) is 0 Å². The molecule has 132 valence electrons. The van der Waals surface area contributed by atoms with Gasteiger partial charge in [-0.25, -0.2) is 0 Å². The summed E-state index contributed by atoms with van der Waals surface area (Å²) in [4.78, 5) is 28.8. The summed E-state index contributed by atoms with van der Waals surface area (Å²) in [5.41, 5.74) is 3.21. The van der Waals surface area contributed by atoms with Gasteiger partial charge in [-0.15, -0.1) is 0 Å². The van der Waals surface area contributed by atoms with Gasteiger partial charge in [-0.2, -0.15) is 0 Å². The third kappa shape index (κ3) is 3.77. The second kappa shape index (κ2) is 7.18. The molecule has 7 nitrogen and oxygen atoms in total. The standard InChI is InChI=1S/C19H18N4O3/c1-11-5-4-6-12(2)17(11)22-19(25)15-8-14(9-20-10-15)18(24)21-16-7-13(3)26-23-16/h4-10H,1-3H3,(H,22,25)(H,21,23,24). The average molecular weight is 350 g/mol. The normalized spacial score (nSPS) is 10.4. The maximum atomic E-state index is 12.5. The summed E-state index contributed by atoms with van der Waals surface area (Å²) in [6.07, 6.45) is 2.80. The van der Waals surface area contributed by atoms with Crippen molar-refractivity contribution < 1.29 is 14.1 Å². The van der Waals surface area contributed by atoms with Crippen molar-refractivity contribution in [3.8, 4) is 0 Å². The zero-order valence-corrected chi connectivity index (χ0v) is 14.7. The highest BCUT2D eigenvalue weighted by Gasteiger charge is 2.14. The highest BCUT2D eigenvalue weighted by molar-refractivity contribution is 6.08. The maximum Gasteiger partial charge on any atom is 0.258 e. The van der Waals surface area contributed by atoms with Crippen molar-refractivity contribution in [2.45, 2.75) is 20.8 Å². The van der Waals surface area contributed by atoms with Gasteiger partial charge >= 0.3 is 0 Å². The molecule has 2 aromatic heterocycles. The highest BCUT2D eigenvalue weighted by Crippen LogP contribution is 2.20. The molecule has 0 bridgehead atoms. The molecule has 0 fully saturated rings. The first-order chi connectivity index (χ1) is 12.4. The van der Waals surface area contributed by atoms with Gasteiger partial charge in [0.05, 0.1) is 11.1 Å². The van der Waals surface area contributed by atoms with Crippen LogP contribution >= 0.6 is 0 Å². The van der Waals surface area contributed by atoms with Gasteiger partial charge in [0.15, 0.2) is 5.82 Å². The van der Waals surface area contributed by atoms with Gasteiger partial charge in [0.1, 0.15) is 5.76 Å². The van der Waals surface area contributed by atoms with Crippen LogP contribution in [-0.4, -0.2) is 22.0 Å². The number of hydrogen-bond donors (Lipinski definition) is 2. The van der Waals surface area contributed by atoms with E-state index in [1.807, 2.05) is 32.0 Å². The lowest BCUT2D eigenvalue weighted by molar-refractivity contribution is 0.102. The first-order valence-corrected chi connectivity index (χ1v) is 8.01. The number of nitrogens with one attached hydrogen (secondary N) is 2. The van der Waals surface area contributed by atoms with Crippen molar-refractivity contribution in [1.82, 2.24) is 10.1 Å². The molecule has 0 spiro atoms. The fraction of sp³-hybridized carbons (Fsp3) is 0.158. The topological polar surface area (TPSA) is 97.1 Å². The molecule has 0 aliphatic rings. The number of aryl methyl sites for hydroxylation is 3. The molecule has 0 atom stereocenters. The van der Waals surface area contributed by atoms with Gasteiger partial charge in [-0.1, -0.05) is 23.4 Å². The fourth-order valence-electron chi connectivity index (χ4n) is 2.50. The molecule has 0 saturated heterocycles. The van der Waals surface area contributed by atoms with Gasteiger partial charge in [-0.3, -0.25) is 14.6 Å². The average Bonchev–Trinajstić information content (AvgIpc) is 3.03. The monoisotopic (exact) mass is 350 g/mol. The first-order valence-electron chi connectivity index (χ1n) is 8.01. The van der Waals surface area contributed by atoms with Crippen molar-refractivity contribution in [3.05, 3.63) is 70.7 Å². The van der Waals surface area contributed by atoms with E-state index in [0.29, 0.717) is 11.6 Å². The Morgan fingerprint density at radius 1 is 0.923 bits per heavy atom. The Kier molecular flexibility index (Phi) is 4.79. The molecule has 0 radical (unpaired) electrons. The Morgan fingerprint density at radius 2 is 1.54 bits per heavy atom. The molecular formula is C19H18N4O3. The summed E-state index contributed by atoms with van der Waals surface area (Å²) in [5.74, 6) is 0.132. The highest BCUT2D eigenvalue weighted by atomic mass is 16.5. The Labute approximate surface area is 150 Å². The van der Waals surface area contributed by atoms with Crippen LogP contribution in [0.1, 0.15) is 37.6 Å². The molecule has 2 N–H and O–H groups in total. The lowest BCUT2D eigenvalue weighted by Crippen LogP contribution is -2.17. The zero-order valence-electron chi connectivity index (χ0n) is 14.7. The van der Waals surface area contributed by atoms with Crippen LogP contribution in [0.4, 0.5) is 11.5 Å². The molecule has 2 amide bonds. The number of aromatic nitrogens is 2. The number of para-hydroxylation sites is 1. The number of amides is 2. The van der Waals surface area contributed by atoms with Gasteiger partial charge in [-0.05, 0) is 38.0 Å². The second-order valence-corrected chi connectivity index (χ2v) is 5.96. The number of rotatable bonds is 4. The van der Waals surface area contributed by atoms with Gasteiger partial charge in [0.2, 0.25) is 0 Å². The summed E-state index contributed by atoms with van der Waals surface area (Å²) in [7, 11) is 0. The Balaban J connectivity index is 1.78. The predicted molar refractivity (Wildman–Crippen MR) is 97.3 cm³/mol. The maximum absolute atomic E-state index is 12.5. The van der Waals surface area contributed by atoms with E-state index in [2.05, 4.69) is 20.8 Å². The Bertz CT molecular complexity index is 958. The zero-order chi connectivity index (χ0) is 18.7.